The van der Waals surface area contributed by atoms with Gasteiger partial charge in [-0.25, -0.2) is 14.8 Å². The Kier molecular flexibility index (Phi) is 4.38. The molecule has 0 fully saturated rings. The first-order valence-corrected chi connectivity index (χ1v) is 7.23. The summed E-state index contributed by atoms with van der Waals surface area (Å²) in [7, 11) is 1.62. The molecule has 0 unspecified atom stereocenters. The number of hydrogen-bond acceptors (Lipinski definition) is 5. The number of carbonyl (C=O) groups is 1. The van der Waals surface area contributed by atoms with E-state index in [2.05, 4.69) is 15.3 Å². The minimum Gasteiger partial charge on any atom is -0.497 e. The van der Waals surface area contributed by atoms with E-state index in [9.17, 15) is 9.90 Å². The van der Waals surface area contributed by atoms with Crippen molar-refractivity contribution in [3.05, 3.63) is 66.5 Å². The van der Waals surface area contributed by atoms with Crippen molar-refractivity contribution in [3.63, 3.8) is 0 Å². The normalized spacial score (nSPS) is 10.2. The number of benzene rings is 2. The third kappa shape index (κ3) is 3.33. The number of aromatic nitrogens is 2. The number of para-hydroxylation sites is 1. The summed E-state index contributed by atoms with van der Waals surface area (Å²) in [5, 5.41) is 12.1. The van der Waals surface area contributed by atoms with Crippen LogP contribution in [0.1, 0.15) is 10.4 Å². The average Bonchev–Trinajstić information content (AvgIpc) is 2.63. The van der Waals surface area contributed by atoms with Gasteiger partial charge in [0.1, 0.15) is 5.75 Å². The van der Waals surface area contributed by atoms with Crippen LogP contribution in [0, 0.1) is 0 Å². The van der Waals surface area contributed by atoms with Gasteiger partial charge in [0, 0.05) is 18.0 Å². The summed E-state index contributed by atoms with van der Waals surface area (Å²) in [6.45, 7) is 0. The molecule has 0 aliphatic carbocycles. The Bertz CT molecular complexity index is 846. The topological polar surface area (TPSA) is 84.3 Å². The van der Waals surface area contributed by atoms with E-state index in [1.165, 1.54) is 6.07 Å². The van der Waals surface area contributed by atoms with Gasteiger partial charge in [-0.15, -0.1) is 0 Å². The van der Waals surface area contributed by atoms with Gasteiger partial charge in [0.25, 0.3) is 0 Å². The molecule has 1 aromatic heterocycles. The summed E-state index contributed by atoms with van der Waals surface area (Å²) in [5.74, 6) is 0.108. The highest BCUT2D eigenvalue weighted by atomic mass is 16.5. The highest BCUT2D eigenvalue weighted by Gasteiger charge is 2.10. The molecule has 0 aliphatic rings. The van der Waals surface area contributed by atoms with Gasteiger partial charge in [0.05, 0.1) is 18.4 Å². The lowest BCUT2D eigenvalue weighted by atomic mass is 10.1. The zero-order valence-corrected chi connectivity index (χ0v) is 12.9. The number of carboxylic acids is 1. The zero-order valence-electron chi connectivity index (χ0n) is 12.9. The van der Waals surface area contributed by atoms with Gasteiger partial charge < -0.3 is 15.2 Å². The average molecular weight is 321 g/mol. The van der Waals surface area contributed by atoms with Crippen LogP contribution in [-0.4, -0.2) is 28.2 Å². The number of aromatic carboxylic acids is 1. The van der Waals surface area contributed by atoms with Crippen molar-refractivity contribution in [2.24, 2.45) is 0 Å². The van der Waals surface area contributed by atoms with Crippen molar-refractivity contribution in [1.82, 2.24) is 9.97 Å². The fourth-order valence-corrected chi connectivity index (χ4v) is 2.22. The highest BCUT2D eigenvalue weighted by molar-refractivity contribution is 5.94. The van der Waals surface area contributed by atoms with E-state index in [0.717, 1.165) is 16.9 Å². The Morgan fingerprint density at radius 3 is 2.29 bits per heavy atom. The standard InChI is InChI=1S/C18H15N3O3/c1-24-14-8-6-12(7-9-14)13-10-19-18(20-11-13)21-16-5-3-2-4-15(16)17(22)23/h2-11H,1H3,(H,22,23)(H,19,20,21). The van der Waals surface area contributed by atoms with Crippen molar-refractivity contribution in [1.29, 1.82) is 0 Å². The van der Waals surface area contributed by atoms with Gasteiger partial charge in [0.2, 0.25) is 5.95 Å². The highest BCUT2D eigenvalue weighted by Crippen LogP contribution is 2.23. The molecule has 0 radical (unpaired) electrons. The van der Waals surface area contributed by atoms with Gasteiger partial charge in [-0.3, -0.25) is 0 Å². The van der Waals surface area contributed by atoms with Crippen LogP contribution in [0.25, 0.3) is 11.1 Å². The summed E-state index contributed by atoms with van der Waals surface area (Å²) in [6.07, 6.45) is 3.36. The molecule has 6 heteroatoms. The van der Waals surface area contributed by atoms with Gasteiger partial charge in [-0.1, -0.05) is 24.3 Å². The number of methoxy groups -OCH3 is 1. The largest absolute Gasteiger partial charge is 0.497 e. The van der Waals surface area contributed by atoms with Crippen LogP contribution < -0.4 is 10.1 Å². The quantitative estimate of drug-likeness (QED) is 0.747. The van der Waals surface area contributed by atoms with Crippen LogP contribution >= 0.6 is 0 Å². The van der Waals surface area contributed by atoms with Crippen LogP contribution in [-0.2, 0) is 0 Å². The molecule has 2 aromatic carbocycles. The molecule has 2 N–H and O–H groups in total. The molecule has 0 spiro atoms. The number of nitrogens with one attached hydrogen (secondary N) is 1. The number of rotatable bonds is 5. The molecule has 3 aromatic rings. The summed E-state index contributed by atoms with van der Waals surface area (Å²) in [4.78, 5) is 19.7. The van der Waals surface area contributed by atoms with Crippen LogP contribution in [0.5, 0.6) is 5.75 Å². The van der Waals surface area contributed by atoms with Gasteiger partial charge >= 0.3 is 5.97 Å². The van der Waals surface area contributed by atoms with E-state index in [1.54, 1.807) is 37.7 Å². The number of anilines is 2. The lowest BCUT2D eigenvalue weighted by Gasteiger charge is -2.08. The van der Waals surface area contributed by atoms with E-state index in [-0.39, 0.29) is 5.56 Å². The fraction of sp³-hybridized carbons (Fsp3) is 0.0556. The van der Waals surface area contributed by atoms with Gasteiger partial charge in [0.15, 0.2) is 0 Å². The van der Waals surface area contributed by atoms with Crippen molar-refractivity contribution in [3.8, 4) is 16.9 Å². The smallest absolute Gasteiger partial charge is 0.337 e. The van der Waals surface area contributed by atoms with Crippen LogP contribution in [0.4, 0.5) is 11.6 Å². The van der Waals surface area contributed by atoms with Crippen molar-refractivity contribution in [2.75, 3.05) is 12.4 Å². The van der Waals surface area contributed by atoms with Crippen LogP contribution in [0.15, 0.2) is 60.9 Å². The molecule has 3 rings (SSSR count). The lowest BCUT2D eigenvalue weighted by Crippen LogP contribution is -2.04. The predicted molar refractivity (Wildman–Crippen MR) is 90.7 cm³/mol. The molecule has 6 nitrogen and oxygen atoms in total. The molecule has 0 bridgehead atoms. The predicted octanol–water partition coefficient (Wildman–Crippen LogP) is 3.59. The summed E-state index contributed by atoms with van der Waals surface area (Å²) in [5.41, 5.74) is 2.44. The fourth-order valence-electron chi connectivity index (χ4n) is 2.22. The minimum atomic E-state index is -1.01. The zero-order chi connectivity index (χ0) is 16.9. The second-order valence-electron chi connectivity index (χ2n) is 5.00. The summed E-state index contributed by atoms with van der Waals surface area (Å²) >= 11 is 0. The van der Waals surface area contributed by atoms with E-state index in [0.29, 0.717) is 11.6 Å². The molecular weight excluding hydrogens is 306 g/mol. The molecule has 0 atom stereocenters. The van der Waals surface area contributed by atoms with Crippen molar-refractivity contribution >= 4 is 17.6 Å². The van der Waals surface area contributed by atoms with Crippen LogP contribution in [0.2, 0.25) is 0 Å². The summed E-state index contributed by atoms with van der Waals surface area (Å²) in [6, 6.07) is 14.2. The molecule has 120 valence electrons. The number of hydrogen-bond donors (Lipinski definition) is 2. The molecule has 0 amide bonds. The van der Waals surface area contributed by atoms with E-state index in [4.69, 9.17) is 4.74 Å². The maximum atomic E-state index is 11.2. The third-order valence-electron chi connectivity index (χ3n) is 3.48. The van der Waals surface area contributed by atoms with E-state index >= 15 is 0 Å². The lowest BCUT2D eigenvalue weighted by molar-refractivity contribution is 0.0698. The Morgan fingerprint density at radius 1 is 1.00 bits per heavy atom. The molecular formula is C18H15N3O3. The molecule has 0 aliphatic heterocycles. The van der Waals surface area contributed by atoms with Crippen LogP contribution in [0.3, 0.4) is 0 Å². The van der Waals surface area contributed by atoms with Gasteiger partial charge in [-0.2, -0.15) is 0 Å². The third-order valence-corrected chi connectivity index (χ3v) is 3.48. The Morgan fingerprint density at radius 2 is 1.67 bits per heavy atom. The number of ether oxygens (including phenoxy) is 1. The molecule has 0 saturated heterocycles. The Labute approximate surface area is 138 Å². The monoisotopic (exact) mass is 321 g/mol. The SMILES string of the molecule is COc1ccc(-c2cnc(Nc3ccccc3C(=O)O)nc2)cc1. The molecule has 24 heavy (non-hydrogen) atoms. The first-order valence-electron chi connectivity index (χ1n) is 7.23. The van der Waals surface area contributed by atoms with E-state index < -0.39 is 5.97 Å². The minimum absolute atomic E-state index is 0.167. The van der Waals surface area contributed by atoms with E-state index in [1.807, 2.05) is 24.3 Å². The Balaban J connectivity index is 1.81. The Hall–Kier alpha value is -3.41. The first-order chi connectivity index (χ1) is 11.7. The number of nitrogens with zero attached hydrogens (tertiary/aromatic N) is 2. The summed E-state index contributed by atoms with van der Waals surface area (Å²) < 4.78 is 5.13. The maximum absolute atomic E-state index is 11.2. The van der Waals surface area contributed by atoms with Crippen molar-refractivity contribution in [2.45, 2.75) is 0 Å². The molecule has 1 heterocycles. The van der Waals surface area contributed by atoms with Gasteiger partial charge in [-0.05, 0) is 29.8 Å². The maximum Gasteiger partial charge on any atom is 0.337 e. The second kappa shape index (κ2) is 6.78. The second-order valence-corrected chi connectivity index (χ2v) is 5.00. The molecule has 0 saturated carbocycles. The van der Waals surface area contributed by atoms with Crippen molar-refractivity contribution < 1.29 is 14.6 Å². The number of carboxylic acid groups (broad SMARTS) is 1. The first kappa shape index (κ1) is 15.5.